The topological polar surface area (TPSA) is 77.2 Å². The van der Waals surface area contributed by atoms with Crippen molar-refractivity contribution in [1.29, 1.82) is 0 Å². The number of furan rings is 1. The van der Waals surface area contributed by atoms with Crippen LogP contribution >= 0.6 is 0 Å². The van der Waals surface area contributed by atoms with E-state index in [0.717, 1.165) is 16.8 Å². The van der Waals surface area contributed by atoms with E-state index in [4.69, 9.17) is 10.2 Å². The van der Waals surface area contributed by atoms with Crippen LogP contribution in [0.25, 0.3) is 11.0 Å². The van der Waals surface area contributed by atoms with Gasteiger partial charge in [-0.3, -0.25) is 0 Å². The molecular formula is C13H13N3O2. The van der Waals surface area contributed by atoms with Gasteiger partial charge in [0.1, 0.15) is 18.2 Å². The van der Waals surface area contributed by atoms with Gasteiger partial charge in [0.15, 0.2) is 0 Å². The van der Waals surface area contributed by atoms with Crippen LogP contribution in [0.15, 0.2) is 41.0 Å². The van der Waals surface area contributed by atoms with Crippen molar-refractivity contribution in [2.45, 2.75) is 13.2 Å². The Balaban J connectivity index is 2.13. The molecular weight excluding hydrogens is 230 g/mol. The Bertz CT molecular complexity index is 671. The number of aliphatic hydroxyl groups excluding tert-OH is 1. The standard InChI is InChI=1S/C13H13N3O2/c14-9-3-4-12-11(6-9)15-13(8-17)16(12)7-10-2-1-5-18-10/h1-6,17H,7-8,14H2. The number of aliphatic hydroxyl groups is 1. The fraction of sp³-hybridized carbons (Fsp3) is 0.154. The highest BCUT2D eigenvalue weighted by atomic mass is 16.3. The van der Waals surface area contributed by atoms with Crippen molar-refractivity contribution in [2.24, 2.45) is 0 Å². The highest BCUT2D eigenvalue weighted by Gasteiger charge is 2.11. The molecule has 0 spiro atoms. The van der Waals surface area contributed by atoms with E-state index in [1.807, 2.05) is 28.8 Å². The minimum absolute atomic E-state index is 0.116. The van der Waals surface area contributed by atoms with Gasteiger partial charge in [-0.1, -0.05) is 0 Å². The van der Waals surface area contributed by atoms with Crippen molar-refractivity contribution in [3.8, 4) is 0 Å². The van der Waals surface area contributed by atoms with Crippen LogP contribution in [-0.4, -0.2) is 14.7 Å². The molecule has 0 aliphatic heterocycles. The minimum atomic E-state index is -0.116. The Hall–Kier alpha value is -2.27. The van der Waals surface area contributed by atoms with Crippen molar-refractivity contribution in [1.82, 2.24) is 9.55 Å². The van der Waals surface area contributed by atoms with Crippen LogP contribution in [-0.2, 0) is 13.2 Å². The first-order valence-corrected chi connectivity index (χ1v) is 5.66. The van der Waals surface area contributed by atoms with Crippen LogP contribution < -0.4 is 5.73 Å². The van der Waals surface area contributed by atoms with E-state index in [9.17, 15) is 5.11 Å². The number of aromatic nitrogens is 2. The lowest BCUT2D eigenvalue weighted by Gasteiger charge is -2.05. The molecule has 0 atom stereocenters. The summed E-state index contributed by atoms with van der Waals surface area (Å²) in [4.78, 5) is 4.36. The smallest absolute Gasteiger partial charge is 0.136 e. The van der Waals surface area contributed by atoms with E-state index >= 15 is 0 Å². The highest BCUT2D eigenvalue weighted by Crippen LogP contribution is 2.20. The van der Waals surface area contributed by atoms with Crippen molar-refractivity contribution in [2.75, 3.05) is 5.73 Å². The first-order chi connectivity index (χ1) is 8.78. The lowest BCUT2D eigenvalue weighted by molar-refractivity contribution is 0.266. The molecule has 0 amide bonds. The number of imidazole rings is 1. The van der Waals surface area contributed by atoms with E-state index in [0.29, 0.717) is 18.1 Å². The highest BCUT2D eigenvalue weighted by molar-refractivity contribution is 5.79. The second-order valence-electron chi connectivity index (χ2n) is 4.10. The fourth-order valence-corrected chi connectivity index (χ4v) is 2.05. The Kier molecular flexibility index (Phi) is 2.53. The van der Waals surface area contributed by atoms with E-state index in [1.165, 1.54) is 0 Å². The summed E-state index contributed by atoms with van der Waals surface area (Å²) >= 11 is 0. The van der Waals surface area contributed by atoms with Gasteiger partial charge in [-0.15, -0.1) is 0 Å². The van der Waals surface area contributed by atoms with E-state index in [2.05, 4.69) is 4.98 Å². The lowest BCUT2D eigenvalue weighted by Crippen LogP contribution is -2.04. The van der Waals surface area contributed by atoms with Gasteiger partial charge in [-0.05, 0) is 30.3 Å². The zero-order valence-corrected chi connectivity index (χ0v) is 9.71. The molecule has 92 valence electrons. The molecule has 18 heavy (non-hydrogen) atoms. The van der Waals surface area contributed by atoms with E-state index < -0.39 is 0 Å². The zero-order valence-electron chi connectivity index (χ0n) is 9.71. The number of hydrogen-bond acceptors (Lipinski definition) is 4. The molecule has 5 heteroatoms. The summed E-state index contributed by atoms with van der Waals surface area (Å²) in [7, 11) is 0. The molecule has 0 saturated heterocycles. The van der Waals surface area contributed by atoms with Gasteiger partial charge >= 0.3 is 0 Å². The van der Waals surface area contributed by atoms with Crippen LogP contribution in [0.1, 0.15) is 11.6 Å². The van der Waals surface area contributed by atoms with Crippen LogP contribution in [0.4, 0.5) is 5.69 Å². The average Bonchev–Trinajstić information content (AvgIpc) is 2.97. The summed E-state index contributed by atoms with van der Waals surface area (Å²) in [5, 5.41) is 9.37. The molecule has 0 bridgehead atoms. The van der Waals surface area contributed by atoms with Gasteiger partial charge in [0, 0.05) is 5.69 Å². The van der Waals surface area contributed by atoms with Crippen LogP contribution in [0, 0.1) is 0 Å². The first-order valence-electron chi connectivity index (χ1n) is 5.66. The number of fused-ring (bicyclic) bond motifs is 1. The molecule has 2 heterocycles. The zero-order chi connectivity index (χ0) is 12.5. The van der Waals surface area contributed by atoms with E-state index in [-0.39, 0.29) is 6.61 Å². The number of nitrogen functional groups attached to an aromatic ring is 1. The minimum Gasteiger partial charge on any atom is -0.467 e. The Labute approximate surface area is 103 Å². The second kappa shape index (κ2) is 4.19. The largest absolute Gasteiger partial charge is 0.467 e. The molecule has 1 aromatic carbocycles. The molecule has 3 N–H and O–H groups in total. The summed E-state index contributed by atoms with van der Waals surface area (Å²) in [6.45, 7) is 0.429. The van der Waals surface area contributed by atoms with Crippen LogP contribution in [0.2, 0.25) is 0 Å². The van der Waals surface area contributed by atoms with Crippen molar-refractivity contribution < 1.29 is 9.52 Å². The third kappa shape index (κ3) is 1.74. The molecule has 0 aliphatic rings. The molecule has 0 saturated carbocycles. The van der Waals surface area contributed by atoms with E-state index in [1.54, 1.807) is 12.3 Å². The normalized spacial score (nSPS) is 11.2. The predicted octanol–water partition coefficient (Wildman–Crippen LogP) is 1.75. The van der Waals surface area contributed by atoms with Gasteiger partial charge in [0.05, 0.1) is 23.8 Å². The number of anilines is 1. The van der Waals surface area contributed by atoms with Crippen molar-refractivity contribution in [3.63, 3.8) is 0 Å². The Morgan fingerprint density at radius 1 is 1.33 bits per heavy atom. The Morgan fingerprint density at radius 3 is 2.94 bits per heavy atom. The molecule has 0 unspecified atom stereocenters. The molecule has 2 aromatic heterocycles. The summed E-state index contributed by atoms with van der Waals surface area (Å²) in [5.74, 6) is 1.42. The van der Waals surface area contributed by atoms with Gasteiger partial charge in [0.2, 0.25) is 0 Å². The molecule has 5 nitrogen and oxygen atoms in total. The predicted molar refractivity (Wildman–Crippen MR) is 67.9 cm³/mol. The molecule has 3 rings (SSSR count). The number of benzene rings is 1. The molecule has 0 radical (unpaired) electrons. The van der Waals surface area contributed by atoms with Crippen LogP contribution in [0.3, 0.4) is 0 Å². The Morgan fingerprint density at radius 2 is 2.22 bits per heavy atom. The van der Waals surface area contributed by atoms with Crippen LogP contribution in [0.5, 0.6) is 0 Å². The average molecular weight is 243 g/mol. The summed E-state index contributed by atoms with van der Waals surface area (Å²) in [6.07, 6.45) is 1.63. The molecule has 0 aliphatic carbocycles. The van der Waals surface area contributed by atoms with Gasteiger partial charge in [0.25, 0.3) is 0 Å². The van der Waals surface area contributed by atoms with Crippen molar-refractivity contribution >= 4 is 16.7 Å². The van der Waals surface area contributed by atoms with Gasteiger partial charge in [-0.2, -0.15) is 0 Å². The fourth-order valence-electron chi connectivity index (χ4n) is 2.05. The number of hydrogen-bond donors (Lipinski definition) is 2. The quantitative estimate of drug-likeness (QED) is 0.687. The summed E-state index contributed by atoms with van der Waals surface area (Å²) in [6, 6.07) is 9.26. The monoisotopic (exact) mass is 243 g/mol. The maximum absolute atomic E-state index is 9.37. The lowest BCUT2D eigenvalue weighted by atomic mass is 10.3. The number of rotatable bonds is 3. The maximum atomic E-state index is 9.37. The second-order valence-corrected chi connectivity index (χ2v) is 4.10. The first kappa shape index (κ1) is 10.9. The SMILES string of the molecule is Nc1ccc2c(c1)nc(CO)n2Cc1ccco1. The van der Waals surface area contributed by atoms with Gasteiger partial charge in [-0.25, -0.2) is 4.98 Å². The number of nitrogens with zero attached hydrogens (tertiary/aromatic N) is 2. The third-order valence-electron chi connectivity index (χ3n) is 2.89. The maximum Gasteiger partial charge on any atom is 0.136 e. The third-order valence-corrected chi connectivity index (χ3v) is 2.89. The summed E-state index contributed by atoms with van der Waals surface area (Å²) < 4.78 is 7.25. The van der Waals surface area contributed by atoms with Crippen molar-refractivity contribution in [3.05, 3.63) is 48.2 Å². The van der Waals surface area contributed by atoms with Gasteiger partial charge < -0.3 is 19.8 Å². The number of nitrogens with two attached hydrogens (primary N) is 1. The molecule has 3 aromatic rings. The summed E-state index contributed by atoms with van der Waals surface area (Å²) in [5.41, 5.74) is 8.11. The molecule has 0 fully saturated rings.